The molecule has 0 aliphatic carbocycles. The fourth-order valence-corrected chi connectivity index (χ4v) is 3.69. The predicted molar refractivity (Wildman–Crippen MR) is 125 cm³/mol. The second-order valence-electron chi connectivity index (χ2n) is 8.95. The van der Waals surface area contributed by atoms with Gasteiger partial charge < -0.3 is 4.90 Å². The Morgan fingerprint density at radius 2 is 1.73 bits per heavy atom. The molecule has 4 nitrogen and oxygen atoms in total. The molecule has 2 aromatic carbocycles. The summed E-state index contributed by atoms with van der Waals surface area (Å²) in [6.45, 7) is 10.5. The number of carbonyl (C=O) groups excluding carboxylic acids is 1. The van der Waals surface area contributed by atoms with Gasteiger partial charge in [-0.3, -0.25) is 4.79 Å². The summed E-state index contributed by atoms with van der Waals surface area (Å²) < 4.78 is 13.4. The first-order chi connectivity index (χ1) is 14.0. The van der Waals surface area contributed by atoms with E-state index in [0.717, 1.165) is 11.3 Å². The lowest BCUT2D eigenvalue weighted by atomic mass is 10.0. The van der Waals surface area contributed by atoms with Crippen molar-refractivity contribution in [3.8, 4) is 11.3 Å². The molecule has 1 heterocycles. The molecule has 158 valence electrons. The molecule has 3 aromatic rings. The van der Waals surface area contributed by atoms with Crippen molar-refractivity contribution in [1.82, 2.24) is 9.97 Å². The lowest BCUT2D eigenvalue weighted by Crippen LogP contribution is -2.27. The summed E-state index contributed by atoms with van der Waals surface area (Å²) in [5.74, 6) is 1.17. The molecule has 0 N–H and O–H groups in total. The van der Waals surface area contributed by atoms with Gasteiger partial charge in [-0.05, 0) is 61.7 Å². The topological polar surface area (TPSA) is 46.1 Å². The van der Waals surface area contributed by atoms with Gasteiger partial charge in [-0.25, -0.2) is 14.4 Å². The van der Waals surface area contributed by atoms with Crippen molar-refractivity contribution in [3.05, 3.63) is 53.8 Å². The molecule has 30 heavy (non-hydrogen) atoms. The summed E-state index contributed by atoms with van der Waals surface area (Å²) >= 11 is 1.33. The molecule has 0 saturated heterocycles. The van der Waals surface area contributed by atoms with Crippen LogP contribution in [-0.2, 0) is 0 Å². The molecule has 1 aromatic heterocycles. The van der Waals surface area contributed by atoms with Crippen molar-refractivity contribution >= 4 is 33.7 Å². The fourth-order valence-electron chi connectivity index (χ4n) is 2.83. The summed E-state index contributed by atoms with van der Waals surface area (Å²) in [4.78, 5) is 24.4. The first kappa shape index (κ1) is 22.2. The van der Waals surface area contributed by atoms with Gasteiger partial charge in [0.15, 0.2) is 5.82 Å². The second kappa shape index (κ2) is 8.72. The molecule has 6 heteroatoms. The number of carbonyl (C=O) groups is 1. The van der Waals surface area contributed by atoms with E-state index in [0.29, 0.717) is 28.1 Å². The Kier molecular flexibility index (Phi) is 6.46. The maximum atomic E-state index is 13.4. The molecule has 3 rings (SSSR count). The third-order valence-corrected chi connectivity index (χ3v) is 6.25. The van der Waals surface area contributed by atoms with Crippen LogP contribution in [0.3, 0.4) is 0 Å². The Balaban J connectivity index is 2.07. The van der Waals surface area contributed by atoms with Gasteiger partial charge in [0.25, 0.3) is 0 Å². The van der Waals surface area contributed by atoms with E-state index in [1.54, 1.807) is 18.2 Å². The monoisotopic (exact) mass is 425 g/mol. The molecule has 0 spiro atoms. The van der Waals surface area contributed by atoms with Crippen LogP contribution in [0.1, 0.15) is 45.0 Å². The highest BCUT2D eigenvalue weighted by molar-refractivity contribution is 8.14. The number of anilines is 1. The van der Waals surface area contributed by atoms with Crippen LogP contribution in [0, 0.1) is 11.2 Å². The summed E-state index contributed by atoms with van der Waals surface area (Å²) in [5, 5.41) is 0.0370. The Morgan fingerprint density at radius 1 is 1.07 bits per heavy atom. The van der Waals surface area contributed by atoms with Gasteiger partial charge in [-0.1, -0.05) is 32.5 Å². The number of benzene rings is 2. The molecule has 0 atom stereocenters. The van der Waals surface area contributed by atoms with E-state index < -0.39 is 0 Å². The number of fused-ring (bicyclic) bond motifs is 1. The van der Waals surface area contributed by atoms with Gasteiger partial charge >= 0.3 is 0 Å². The van der Waals surface area contributed by atoms with Gasteiger partial charge in [0.05, 0.1) is 11.0 Å². The highest BCUT2D eigenvalue weighted by atomic mass is 32.2. The van der Waals surface area contributed by atoms with E-state index in [2.05, 4.69) is 34.6 Å². The summed E-state index contributed by atoms with van der Waals surface area (Å²) in [5.41, 5.74) is 3.57. The van der Waals surface area contributed by atoms with E-state index in [-0.39, 0.29) is 22.4 Å². The quantitative estimate of drug-likeness (QED) is 0.487. The van der Waals surface area contributed by atoms with E-state index in [1.165, 1.54) is 23.9 Å². The molecule has 0 aliphatic heterocycles. The van der Waals surface area contributed by atoms with Gasteiger partial charge in [0, 0.05) is 30.0 Å². The molecule has 0 amide bonds. The van der Waals surface area contributed by atoms with E-state index in [9.17, 15) is 9.18 Å². The molecule has 0 saturated carbocycles. The van der Waals surface area contributed by atoms with Crippen LogP contribution < -0.4 is 4.90 Å². The van der Waals surface area contributed by atoms with Crippen molar-refractivity contribution in [2.45, 2.75) is 40.7 Å². The number of hydrogen-bond acceptors (Lipinski definition) is 5. The Morgan fingerprint density at radius 3 is 2.33 bits per heavy atom. The number of halogens is 1. The van der Waals surface area contributed by atoms with Crippen LogP contribution in [0.2, 0.25) is 0 Å². The zero-order valence-corrected chi connectivity index (χ0v) is 19.2. The Bertz CT molecular complexity index is 1060. The van der Waals surface area contributed by atoms with Crippen LogP contribution >= 0.6 is 11.8 Å². The predicted octanol–water partition coefficient (Wildman–Crippen LogP) is 6.20. The van der Waals surface area contributed by atoms with E-state index >= 15 is 0 Å². The Labute approximate surface area is 181 Å². The molecule has 0 aliphatic rings. The van der Waals surface area contributed by atoms with Gasteiger partial charge in [0.2, 0.25) is 5.12 Å². The molecular formula is C24H28FN3OS. The lowest BCUT2D eigenvalue weighted by molar-refractivity contribution is 0.108. The summed E-state index contributed by atoms with van der Waals surface area (Å²) in [6, 6.07) is 11.9. The second-order valence-corrected chi connectivity index (χ2v) is 9.90. The van der Waals surface area contributed by atoms with Gasteiger partial charge in [-0.2, -0.15) is 0 Å². The summed E-state index contributed by atoms with van der Waals surface area (Å²) in [6.07, 6.45) is 0. The highest BCUT2D eigenvalue weighted by Crippen LogP contribution is 2.31. The van der Waals surface area contributed by atoms with Crippen molar-refractivity contribution < 1.29 is 9.18 Å². The largest absolute Gasteiger partial charge is 0.355 e. The number of nitrogens with zero attached hydrogens (tertiary/aromatic N) is 3. The number of rotatable bonds is 5. The molecule has 0 fully saturated rings. The first-order valence-corrected chi connectivity index (χ1v) is 11.0. The summed E-state index contributed by atoms with van der Waals surface area (Å²) in [7, 11) is 1.96. The lowest BCUT2D eigenvalue weighted by Gasteiger charge is -2.25. The molecule has 0 unspecified atom stereocenters. The van der Waals surface area contributed by atoms with Crippen molar-refractivity contribution in [2.24, 2.45) is 5.41 Å². The maximum absolute atomic E-state index is 13.4. The third-order valence-electron chi connectivity index (χ3n) is 4.74. The van der Waals surface area contributed by atoms with Crippen molar-refractivity contribution in [1.29, 1.82) is 0 Å². The van der Waals surface area contributed by atoms with Crippen LogP contribution in [0.25, 0.3) is 22.3 Å². The zero-order valence-electron chi connectivity index (χ0n) is 18.4. The van der Waals surface area contributed by atoms with Gasteiger partial charge in [0.1, 0.15) is 11.5 Å². The molecule has 0 bridgehead atoms. The minimum Gasteiger partial charge on any atom is -0.355 e. The fraction of sp³-hybridized carbons (Fsp3) is 0.375. The van der Waals surface area contributed by atoms with Gasteiger partial charge in [-0.15, -0.1) is 0 Å². The number of thioether (sulfide) groups is 1. The van der Waals surface area contributed by atoms with E-state index in [4.69, 9.17) is 9.97 Å². The van der Waals surface area contributed by atoms with Crippen LogP contribution in [0.15, 0.2) is 42.5 Å². The normalized spacial score (nSPS) is 11.9. The standard InChI is InChI=1S/C24H28FN3OS/c1-15(2)28(6)22-21(16-7-10-18(25)11-8-16)26-19-12-9-17(13-20(19)27-22)23(29)30-14-24(3,4)5/h7-13,15H,14H2,1-6H3. The van der Waals surface area contributed by atoms with Crippen LogP contribution in [0.5, 0.6) is 0 Å². The third kappa shape index (κ3) is 5.17. The first-order valence-electron chi connectivity index (χ1n) is 10.0. The molecule has 0 radical (unpaired) electrons. The minimum absolute atomic E-state index is 0.0370. The Hall–Kier alpha value is -2.47. The van der Waals surface area contributed by atoms with Crippen LogP contribution in [0.4, 0.5) is 10.2 Å². The van der Waals surface area contributed by atoms with Crippen molar-refractivity contribution in [3.63, 3.8) is 0 Å². The smallest absolute Gasteiger partial charge is 0.219 e. The maximum Gasteiger partial charge on any atom is 0.219 e. The number of hydrogen-bond donors (Lipinski definition) is 0. The van der Waals surface area contributed by atoms with Crippen LogP contribution in [-0.4, -0.2) is 33.9 Å². The SMILES string of the molecule is CC(C)N(C)c1nc2cc(C(=O)SCC(C)(C)C)ccc2nc1-c1ccc(F)cc1. The average molecular weight is 426 g/mol. The zero-order chi connectivity index (χ0) is 22.1. The average Bonchev–Trinajstić information content (AvgIpc) is 2.70. The van der Waals surface area contributed by atoms with E-state index in [1.807, 2.05) is 24.1 Å². The number of aromatic nitrogens is 2. The minimum atomic E-state index is -0.290. The highest BCUT2D eigenvalue weighted by Gasteiger charge is 2.19. The molecular weight excluding hydrogens is 397 g/mol. The van der Waals surface area contributed by atoms with Crippen molar-refractivity contribution in [2.75, 3.05) is 17.7 Å².